The number of nitriles is 1. The fourth-order valence-electron chi connectivity index (χ4n) is 3.83. The van der Waals surface area contributed by atoms with Crippen molar-refractivity contribution in [3.05, 3.63) is 71.5 Å². The third-order valence-electron chi connectivity index (χ3n) is 5.18. The van der Waals surface area contributed by atoms with Crippen molar-refractivity contribution in [2.75, 3.05) is 5.32 Å². The van der Waals surface area contributed by atoms with Crippen LogP contribution in [-0.4, -0.2) is 19.9 Å². The van der Waals surface area contributed by atoms with Crippen molar-refractivity contribution in [3.8, 4) is 17.6 Å². The maximum Gasteiger partial charge on any atom is 0.158 e. The first-order valence-electron chi connectivity index (χ1n) is 9.37. The Kier molecular flexibility index (Phi) is 3.99. The molecule has 0 saturated heterocycles. The van der Waals surface area contributed by atoms with Gasteiger partial charge in [-0.05, 0) is 48.6 Å². The van der Waals surface area contributed by atoms with E-state index in [4.69, 9.17) is 10.2 Å². The SMILES string of the molecule is N#Cc1ccc2nc(-c3cncc(N[C@H]4CCCc5ccccc54)n3)[nH]c2c1. The van der Waals surface area contributed by atoms with Crippen LogP contribution in [0.2, 0.25) is 0 Å². The van der Waals surface area contributed by atoms with Crippen molar-refractivity contribution in [2.45, 2.75) is 25.3 Å². The molecule has 6 nitrogen and oxygen atoms in total. The Hall–Kier alpha value is -3.72. The van der Waals surface area contributed by atoms with E-state index in [1.807, 2.05) is 6.07 Å². The summed E-state index contributed by atoms with van der Waals surface area (Å²) in [5.41, 5.74) is 5.63. The van der Waals surface area contributed by atoms with Crippen LogP contribution in [-0.2, 0) is 6.42 Å². The second-order valence-electron chi connectivity index (χ2n) is 7.01. The zero-order valence-electron chi connectivity index (χ0n) is 15.2. The smallest absolute Gasteiger partial charge is 0.158 e. The van der Waals surface area contributed by atoms with Gasteiger partial charge in [0, 0.05) is 0 Å². The van der Waals surface area contributed by atoms with Crippen LogP contribution in [0.5, 0.6) is 0 Å². The van der Waals surface area contributed by atoms with Gasteiger partial charge in [0.1, 0.15) is 11.5 Å². The summed E-state index contributed by atoms with van der Waals surface area (Å²) < 4.78 is 0. The molecule has 2 heterocycles. The summed E-state index contributed by atoms with van der Waals surface area (Å²) in [6, 6.07) is 16.4. The molecule has 0 amide bonds. The molecule has 6 heteroatoms. The summed E-state index contributed by atoms with van der Waals surface area (Å²) in [4.78, 5) is 16.9. The van der Waals surface area contributed by atoms with Crippen molar-refractivity contribution in [1.82, 2.24) is 19.9 Å². The lowest BCUT2D eigenvalue weighted by Gasteiger charge is -2.26. The lowest BCUT2D eigenvalue weighted by Crippen LogP contribution is -2.18. The second-order valence-corrected chi connectivity index (χ2v) is 7.01. The number of hydrogen-bond acceptors (Lipinski definition) is 5. The number of imidazole rings is 1. The third kappa shape index (κ3) is 2.97. The van der Waals surface area contributed by atoms with E-state index in [9.17, 15) is 0 Å². The molecular formula is C22H18N6. The van der Waals surface area contributed by atoms with Crippen LogP contribution in [0.1, 0.15) is 35.6 Å². The minimum absolute atomic E-state index is 0.239. The van der Waals surface area contributed by atoms with E-state index in [2.05, 4.69) is 50.6 Å². The van der Waals surface area contributed by atoms with E-state index in [0.717, 1.165) is 36.1 Å². The van der Waals surface area contributed by atoms with Crippen LogP contribution in [0.4, 0.5) is 5.82 Å². The molecular weight excluding hydrogens is 348 g/mol. The van der Waals surface area contributed by atoms with Crippen molar-refractivity contribution in [1.29, 1.82) is 5.26 Å². The van der Waals surface area contributed by atoms with Gasteiger partial charge in [0.25, 0.3) is 0 Å². The highest BCUT2D eigenvalue weighted by atomic mass is 15.1. The van der Waals surface area contributed by atoms with E-state index >= 15 is 0 Å². The molecule has 1 aliphatic rings. The number of fused-ring (bicyclic) bond motifs is 2. The zero-order valence-corrected chi connectivity index (χ0v) is 15.2. The van der Waals surface area contributed by atoms with Gasteiger partial charge in [0.2, 0.25) is 0 Å². The van der Waals surface area contributed by atoms with Gasteiger partial charge in [-0.2, -0.15) is 5.26 Å². The highest BCUT2D eigenvalue weighted by Crippen LogP contribution is 2.32. The standard InChI is InChI=1S/C22H18N6/c23-11-14-8-9-18-19(10-14)28-22(27-18)20-12-24-13-21(26-20)25-17-7-3-5-15-4-1-2-6-16(15)17/h1-2,4,6,8-10,12-13,17H,3,5,7H2,(H,25,26)(H,27,28)/t17-/m0/s1. The van der Waals surface area contributed by atoms with Crippen LogP contribution in [0, 0.1) is 11.3 Å². The van der Waals surface area contributed by atoms with Crippen molar-refractivity contribution in [3.63, 3.8) is 0 Å². The second kappa shape index (κ2) is 6.78. The molecule has 0 aliphatic heterocycles. The Labute approximate surface area is 162 Å². The highest BCUT2D eigenvalue weighted by Gasteiger charge is 2.20. The van der Waals surface area contributed by atoms with Crippen LogP contribution < -0.4 is 5.32 Å². The molecule has 0 radical (unpaired) electrons. The maximum atomic E-state index is 9.07. The first-order chi connectivity index (χ1) is 13.8. The van der Waals surface area contributed by atoms with Crippen LogP contribution in [0.15, 0.2) is 54.9 Å². The number of aromatic amines is 1. The molecule has 2 N–H and O–H groups in total. The number of aromatic nitrogens is 4. The maximum absolute atomic E-state index is 9.07. The van der Waals surface area contributed by atoms with E-state index in [0.29, 0.717) is 17.1 Å². The van der Waals surface area contributed by atoms with Gasteiger partial charge in [-0.3, -0.25) is 4.98 Å². The molecule has 2 aromatic heterocycles. The predicted molar refractivity (Wildman–Crippen MR) is 108 cm³/mol. The van der Waals surface area contributed by atoms with Gasteiger partial charge in [-0.1, -0.05) is 24.3 Å². The number of hydrogen-bond donors (Lipinski definition) is 2. The fourth-order valence-corrected chi connectivity index (χ4v) is 3.83. The van der Waals surface area contributed by atoms with Gasteiger partial charge in [0.15, 0.2) is 5.82 Å². The molecule has 1 atom stereocenters. The minimum atomic E-state index is 0.239. The Morgan fingerprint density at radius 2 is 2.04 bits per heavy atom. The monoisotopic (exact) mass is 366 g/mol. The first kappa shape index (κ1) is 16.5. The molecule has 1 aliphatic carbocycles. The lowest BCUT2D eigenvalue weighted by atomic mass is 9.88. The highest BCUT2D eigenvalue weighted by molar-refractivity contribution is 5.80. The van der Waals surface area contributed by atoms with Gasteiger partial charge in [-0.15, -0.1) is 0 Å². The molecule has 0 fully saturated rings. The van der Waals surface area contributed by atoms with E-state index in [-0.39, 0.29) is 6.04 Å². The largest absolute Gasteiger partial charge is 0.362 e. The lowest BCUT2D eigenvalue weighted by molar-refractivity contribution is 0.598. The van der Waals surface area contributed by atoms with Crippen molar-refractivity contribution < 1.29 is 0 Å². The Bertz CT molecular complexity index is 1200. The van der Waals surface area contributed by atoms with Gasteiger partial charge < -0.3 is 10.3 Å². The summed E-state index contributed by atoms with van der Waals surface area (Å²) in [7, 11) is 0. The summed E-state index contributed by atoms with van der Waals surface area (Å²) >= 11 is 0. The fraction of sp³-hybridized carbons (Fsp3) is 0.182. The molecule has 0 bridgehead atoms. The van der Waals surface area contributed by atoms with Crippen LogP contribution in [0.3, 0.4) is 0 Å². The molecule has 136 valence electrons. The minimum Gasteiger partial charge on any atom is -0.362 e. The molecule has 0 unspecified atom stereocenters. The van der Waals surface area contributed by atoms with Gasteiger partial charge in [0.05, 0.1) is 41.1 Å². The molecule has 4 aromatic rings. The third-order valence-corrected chi connectivity index (χ3v) is 5.18. The Morgan fingerprint density at radius 3 is 2.96 bits per heavy atom. The molecule has 28 heavy (non-hydrogen) atoms. The van der Waals surface area contributed by atoms with Crippen molar-refractivity contribution in [2.24, 2.45) is 0 Å². The zero-order chi connectivity index (χ0) is 18.9. The number of anilines is 1. The van der Waals surface area contributed by atoms with E-state index < -0.39 is 0 Å². The first-order valence-corrected chi connectivity index (χ1v) is 9.37. The molecule has 0 saturated carbocycles. The Balaban J connectivity index is 1.45. The summed E-state index contributed by atoms with van der Waals surface area (Å²) in [5.74, 6) is 1.38. The van der Waals surface area contributed by atoms with Crippen LogP contribution >= 0.6 is 0 Å². The summed E-state index contributed by atoms with van der Waals surface area (Å²) in [5, 5.41) is 12.6. The topological polar surface area (TPSA) is 90.3 Å². The molecule has 0 spiro atoms. The number of rotatable bonds is 3. The number of nitrogens with one attached hydrogen (secondary N) is 2. The predicted octanol–water partition coefficient (Wildman–Crippen LogP) is 4.38. The van der Waals surface area contributed by atoms with E-state index in [1.54, 1.807) is 24.5 Å². The quantitative estimate of drug-likeness (QED) is 0.561. The normalized spacial score (nSPS) is 15.8. The number of nitrogens with zero attached hydrogens (tertiary/aromatic N) is 4. The van der Waals surface area contributed by atoms with Crippen LogP contribution in [0.25, 0.3) is 22.6 Å². The Morgan fingerprint density at radius 1 is 1.11 bits per heavy atom. The molecule has 2 aromatic carbocycles. The average molecular weight is 366 g/mol. The van der Waals surface area contributed by atoms with Crippen molar-refractivity contribution >= 4 is 16.9 Å². The summed E-state index contributed by atoms with van der Waals surface area (Å²) in [6.07, 6.45) is 6.81. The summed E-state index contributed by atoms with van der Waals surface area (Å²) in [6.45, 7) is 0. The number of aryl methyl sites for hydroxylation is 1. The molecule has 5 rings (SSSR count). The number of benzene rings is 2. The van der Waals surface area contributed by atoms with Gasteiger partial charge in [-0.25, -0.2) is 9.97 Å². The van der Waals surface area contributed by atoms with E-state index in [1.165, 1.54) is 11.1 Å². The average Bonchev–Trinajstić information content (AvgIpc) is 3.17. The van der Waals surface area contributed by atoms with Gasteiger partial charge >= 0.3 is 0 Å². The number of H-pyrrole nitrogens is 1.